The molecule has 2 amide bonds. The first-order valence-electron chi connectivity index (χ1n) is 6.88. The van der Waals surface area contributed by atoms with Gasteiger partial charge in [-0.15, -0.1) is 6.42 Å². The van der Waals surface area contributed by atoms with Gasteiger partial charge in [0.25, 0.3) is 5.91 Å². The van der Waals surface area contributed by atoms with E-state index in [9.17, 15) is 9.59 Å². The monoisotopic (exact) mass is 286 g/mol. The molecule has 1 aliphatic carbocycles. The molecule has 21 heavy (non-hydrogen) atoms. The number of amides is 2. The number of nitrogens with one attached hydrogen (secondary N) is 1. The fraction of sp³-hybridized carbons (Fsp3) is 0.375. The van der Waals surface area contributed by atoms with Crippen molar-refractivity contribution in [3.63, 3.8) is 0 Å². The predicted molar refractivity (Wildman–Crippen MR) is 78.6 cm³/mol. The van der Waals surface area contributed by atoms with Crippen LogP contribution in [-0.4, -0.2) is 24.5 Å². The van der Waals surface area contributed by atoms with Crippen LogP contribution in [0.25, 0.3) is 0 Å². The summed E-state index contributed by atoms with van der Waals surface area (Å²) in [7, 11) is 0. The Balaban J connectivity index is 1.97. The number of rotatable bonds is 5. The number of hydrogen-bond donors (Lipinski definition) is 2. The van der Waals surface area contributed by atoms with Crippen LogP contribution in [0.15, 0.2) is 24.3 Å². The predicted octanol–water partition coefficient (Wildman–Crippen LogP) is 1.08. The van der Waals surface area contributed by atoms with Crippen LogP contribution >= 0.6 is 0 Å². The summed E-state index contributed by atoms with van der Waals surface area (Å²) >= 11 is 0. The van der Waals surface area contributed by atoms with E-state index in [4.69, 9.17) is 16.9 Å². The van der Waals surface area contributed by atoms with Gasteiger partial charge in [-0.25, -0.2) is 0 Å². The highest BCUT2D eigenvalue weighted by Crippen LogP contribution is 2.25. The zero-order valence-corrected chi connectivity index (χ0v) is 11.7. The van der Waals surface area contributed by atoms with Crippen LogP contribution in [0.1, 0.15) is 29.6 Å². The minimum absolute atomic E-state index is 0.174. The van der Waals surface area contributed by atoms with E-state index >= 15 is 0 Å². The first-order chi connectivity index (χ1) is 10.1. The van der Waals surface area contributed by atoms with Crippen molar-refractivity contribution in [1.82, 2.24) is 5.32 Å². The number of terminal acetylenes is 1. The second-order valence-electron chi connectivity index (χ2n) is 5.04. The van der Waals surface area contributed by atoms with E-state index in [0.29, 0.717) is 11.3 Å². The third kappa shape index (κ3) is 3.76. The van der Waals surface area contributed by atoms with Crippen molar-refractivity contribution in [3.05, 3.63) is 29.8 Å². The summed E-state index contributed by atoms with van der Waals surface area (Å²) in [5.41, 5.74) is 5.86. The first kappa shape index (κ1) is 14.9. The molecule has 0 spiro atoms. The molecule has 5 nitrogen and oxygen atoms in total. The molecule has 1 aromatic rings. The molecule has 0 heterocycles. The molecule has 110 valence electrons. The Labute approximate surface area is 123 Å². The quantitative estimate of drug-likeness (QED) is 0.795. The molecule has 2 unspecified atom stereocenters. The maximum atomic E-state index is 12.2. The maximum Gasteiger partial charge on any atom is 0.251 e. The lowest BCUT2D eigenvalue weighted by Crippen LogP contribution is -2.42. The molecule has 1 saturated carbocycles. The Hall–Kier alpha value is -2.48. The molecule has 3 N–H and O–H groups in total. The molecule has 1 fully saturated rings. The van der Waals surface area contributed by atoms with Gasteiger partial charge in [-0.1, -0.05) is 12.3 Å². The van der Waals surface area contributed by atoms with Gasteiger partial charge in [0, 0.05) is 11.6 Å². The summed E-state index contributed by atoms with van der Waals surface area (Å²) in [6.45, 7) is 0.188. The summed E-state index contributed by atoms with van der Waals surface area (Å²) in [6.07, 6.45) is 7.52. The lowest BCUT2D eigenvalue weighted by atomic mass is 10.0. The number of benzene rings is 1. The maximum absolute atomic E-state index is 12.2. The lowest BCUT2D eigenvalue weighted by molar-refractivity contribution is -0.122. The molecule has 0 saturated heterocycles. The van der Waals surface area contributed by atoms with Crippen LogP contribution in [0.3, 0.4) is 0 Å². The van der Waals surface area contributed by atoms with E-state index < -0.39 is 0 Å². The Morgan fingerprint density at radius 3 is 2.67 bits per heavy atom. The molecular formula is C16H18N2O3. The minimum atomic E-state index is -0.351. The van der Waals surface area contributed by atoms with Crippen LogP contribution in [0.4, 0.5) is 0 Å². The van der Waals surface area contributed by atoms with Crippen LogP contribution in [-0.2, 0) is 4.79 Å². The third-order valence-electron chi connectivity index (χ3n) is 3.64. The summed E-state index contributed by atoms with van der Waals surface area (Å²) < 4.78 is 5.24. The van der Waals surface area contributed by atoms with Crippen molar-refractivity contribution in [2.24, 2.45) is 11.7 Å². The average molecular weight is 286 g/mol. The third-order valence-corrected chi connectivity index (χ3v) is 3.64. The van der Waals surface area contributed by atoms with Gasteiger partial charge in [-0.3, -0.25) is 9.59 Å². The van der Waals surface area contributed by atoms with Crippen molar-refractivity contribution in [2.45, 2.75) is 25.3 Å². The van der Waals surface area contributed by atoms with E-state index in [2.05, 4.69) is 11.2 Å². The summed E-state index contributed by atoms with van der Waals surface area (Å²) in [6, 6.07) is 6.52. The SMILES string of the molecule is C#CCOc1ccc(C(=O)NC2CCCC2C(N)=O)cc1. The van der Waals surface area contributed by atoms with Gasteiger partial charge in [-0.2, -0.15) is 0 Å². The smallest absolute Gasteiger partial charge is 0.251 e. The number of nitrogens with two attached hydrogens (primary N) is 1. The zero-order valence-electron chi connectivity index (χ0n) is 11.7. The fourth-order valence-electron chi connectivity index (χ4n) is 2.55. The Bertz CT molecular complexity index is 560. The normalized spacial score (nSPS) is 20.5. The fourth-order valence-corrected chi connectivity index (χ4v) is 2.55. The summed E-state index contributed by atoms with van der Waals surface area (Å²) in [5, 5.41) is 2.88. The number of carbonyl (C=O) groups is 2. The highest BCUT2D eigenvalue weighted by molar-refractivity contribution is 5.95. The Morgan fingerprint density at radius 1 is 1.33 bits per heavy atom. The molecule has 2 rings (SSSR count). The molecule has 5 heteroatoms. The van der Waals surface area contributed by atoms with Crippen LogP contribution in [0, 0.1) is 18.3 Å². The summed E-state index contributed by atoms with van der Waals surface area (Å²) in [5.74, 6) is 2.15. The largest absolute Gasteiger partial charge is 0.481 e. The average Bonchev–Trinajstić information content (AvgIpc) is 2.94. The van der Waals surface area contributed by atoms with E-state index in [-0.39, 0.29) is 30.4 Å². The Morgan fingerprint density at radius 2 is 2.05 bits per heavy atom. The van der Waals surface area contributed by atoms with E-state index in [1.54, 1.807) is 24.3 Å². The highest BCUT2D eigenvalue weighted by Gasteiger charge is 2.32. The topological polar surface area (TPSA) is 81.4 Å². The van der Waals surface area contributed by atoms with Gasteiger partial charge >= 0.3 is 0 Å². The minimum Gasteiger partial charge on any atom is -0.481 e. The van der Waals surface area contributed by atoms with Crippen molar-refractivity contribution in [3.8, 4) is 18.1 Å². The first-order valence-corrected chi connectivity index (χ1v) is 6.88. The molecule has 1 aliphatic rings. The van der Waals surface area contributed by atoms with E-state index in [0.717, 1.165) is 19.3 Å². The molecule has 0 aliphatic heterocycles. The van der Waals surface area contributed by atoms with E-state index in [1.165, 1.54) is 0 Å². The van der Waals surface area contributed by atoms with Crippen LogP contribution in [0.2, 0.25) is 0 Å². The molecule has 0 bridgehead atoms. The van der Waals surface area contributed by atoms with Gasteiger partial charge in [0.1, 0.15) is 12.4 Å². The van der Waals surface area contributed by atoms with Crippen molar-refractivity contribution >= 4 is 11.8 Å². The van der Waals surface area contributed by atoms with E-state index in [1.807, 2.05) is 0 Å². The van der Waals surface area contributed by atoms with Gasteiger partial charge in [0.2, 0.25) is 5.91 Å². The van der Waals surface area contributed by atoms with Crippen molar-refractivity contribution in [2.75, 3.05) is 6.61 Å². The zero-order chi connectivity index (χ0) is 15.2. The second-order valence-corrected chi connectivity index (χ2v) is 5.04. The van der Waals surface area contributed by atoms with Gasteiger partial charge in [0.05, 0.1) is 5.92 Å². The van der Waals surface area contributed by atoms with Crippen LogP contribution < -0.4 is 15.8 Å². The van der Waals surface area contributed by atoms with Crippen molar-refractivity contribution < 1.29 is 14.3 Å². The van der Waals surface area contributed by atoms with Gasteiger partial charge in [0.15, 0.2) is 0 Å². The Kier molecular flexibility index (Phi) is 4.83. The van der Waals surface area contributed by atoms with Crippen molar-refractivity contribution in [1.29, 1.82) is 0 Å². The molecule has 2 atom stereocenters. The number of carbonyl (C=O) groups excluding carboxylic acids is 2. The number of ether oxygens (including phenoxy) is 1. The number of hydrogen-bond acceptors (Lipinski definition) is 3. The molecule has 0 aromatic heterocycles. The van der Waals surface area contributed by atoms with Crippen LogP contribution in [0.5, 0.6) is 5.75 Å². The van der Waals surface area contributed by atoms with Gasteiger partial charge < -0.3 is 15.8 Å². The standard InChI is InChI=1S/C16H18N2O3/c1-2-10-21-12-8-6-11(7-9-12)16(20)18-14-5-3-4-13(14)15(17)19/h1,6-9,13-14H,3-5,10H2,(H2,17,19)(H,18,20). The second kappa shape index (κ2) is 6.80. The number of primary amides is 1. The molecule has 0 radical (unpaired) electrons. The van der Waals surface area contributed by atoms with Gasteiger partial charge in [-0.05, 0) is 37.1 Å². The lowest BCUT2D eigenvalue weighted by Gasteiger charge is -2.18. The molecular weight excluding hydrogens is 268 g/mol. The molecule has 1 aromatic carbocycles. The highest BCUT2D eigenvalue weighted by atomic mass is 16.5. The summed E-state index contributed by atoms with van der Waals surface area (Å²) in [4.78, 5) is 23.5.